The van der Waals surface area contributed by atoms with Crippen LogP contribution in [0.3, 0.4) is 0 Å². The van der Waals surface area contributed by atoms with Crippen LogP contribution in [0, 0.1) is 34.5 Å². The average Bonchev–Trinajstić information content (AvgIpc) is 3.13. The number of halogens is 2. The quantitative estimate of drug-likeness (QED) is 0.585. The van der Waals surface area contributed by atoms with E-state index in [1.807, 2.05) is 0 Å². The molecule has 0 radical (unpaired) electrons. The first-order valence-electron chi connectivity index (χ1n) is 12.4. The maximum absolute atomic E-state index is 13.4. The van der Waals surface area contributed by atoms with Crippen molar-refractivity contribution < 1.29 is 19.1 Å². The molecule has 3 aliphatic carbocycles. The Balaban J connectivity index is 1.24. The molecule has 1 spiro atoms. The summed E-state index contributed by atoms with van der Waals surface area (Å²) in [5.41, 5.74) is 0.171. The fourth-order valence-corrected chi connectivity index (χ4v) is 6.86. The maximum atomic E-state index is 13.4. The van der Waals surface area contributed by atoms with Crippen molar-refractivity contribution in [2.24, 2.45) is 23.2 Å². The second kappa shape index (κ2) is 9.63. The van der Waals surface area contributed by atoms with Gasteiger partial charge in [-0.25, -0.2) is 0 Å². The first-order valence-corrected chi connectivity index (χ1v) is 13.1. The number of nitrogens with one attached hydrogen (secondary N) is 1. The number of likely N-dealkylation sites (tertiary alicyclic amines) is 1. The van der Waals surface area contributed by atoms with E-state index in [0.29, 0.717) is 35.2 Å². The predicted octanol–water partition coefficient (Wildman–Crippen LogP) is 4.16. The lowest BCUT2D eigenvalue weighted by Gasteiger charge is -2.28. The smallest absolute Gasteiger partial charge is 0.261 e. The zero-order valence-electron chi connectivity index (χ0n) is 19.5. The lowest BCUT2D eigenvalue weighted by atomic mass is 9.92. The van der Waals surface area contributed by atoms with E-state index in [-0.39, 0.29) is 47.4 Å². The molecule has 2 amide bonds. The van der Waals surface area contributed by atoms with Crippen molar-refractivity contribution in [1.29, 1.82) is 5.26 Å². The fourth-order valence-electron chi connectivity index (χ4n) is 6.39. The summed E-state index contributed by atoms with van der Waals surface area (Å²) in [4.78, 5) is 40.6. The van der Waals surface area contributed by atoms with E-state index in [9.17, 15) is 19.6 Å². The van der Waals surface area contributed by atoms with Gasteiger partial charge in [-0.2, -0.15) is 5.26 Å². The molecule has 1 heterocycles. The first-order chi connectivity index (χ1) is 16.8. The molecule has 1 aliphatic heterocycles. The monoisotopic (exact) mass is 517 g/mol. The Morgan fingerprint density at radius 2 is 2.09 bits per heavy atom. The average molecular weight is 518 g/mol. The molecule has 35 heavy (non-hydrogen) atoms. The topological polar surface area (TPSA) is 99.5 Å². The number of carbonyl (C=O) groups is 3. The molecule has 1 aromatic carbocycles. The summed E-state index contributed by atoms with van der Waals surface area (Å²) in [7, 11) is 0. The van der Waals surface area contributed by atoms with Crippen molar-refractivity contribution >= 4 is 40.8 Å². The fraction of sp³-hybridized carbons (Fsp3) is 0.615. The minimum Gasteiger partial charge on any atom is -0.482 e. The Kier molecular flexibility index (Phi) is 6.71. The van der Waals surface area contributed by atoms with E-state index in [2.05, 4.69) is 11.4 Å². The van der Waals surface area contributed by atoms with E-state index in [1.165, 1.54) is 0 Å². The Labute approximate surface area is 215 Å². The highest BCUT2D eigenvalue weighted by atomic mass is 35.5. The number of ketones is 1. The standard InChI is InChI=1S/C26H29Cl2N3O4/c27-17-4-5-22(20(28)9-17)35-14-23(33)31-13-15-2-1-3-19(15)24(31)25(34)30-18(12-29)8-16-10-26(6-7-26)11-21(16)32/h4-5,9,15-16,18-19,24H,1-3,6-8,10-11,13-14H2,(H,30,34)/t15-,16+,18-,19-,24?/m0/s1. The van der Waals surface area contributed by atoms with Gasteiger partial charge in [-0.1, -0.05) is 29.6 Å². The summed E-state index contributed by atoms with van der Waals surface area (Å²) < 4.78 is 5.64. The zero-order chi connectivity index (χ0) is 24.7. The lowest BCUT2D eigenvalue weighted by Crippen LogP contribution is -2.52. The third-order valence-electron chi connectivity index (χ3n) is 8.36. The molecule has 0 aromatic heterocycles. The molecular formula is C26H29Cl2N3O4. The van der Waals surface area contributed by atoms with Gasteiger partial charge in [0.25, 0.3) is 5.91 Å². The molecule has 5 atom stereocenters. The summed E-state index contributed by atoms with van der Waals surface area (Å²) in [5.74, 6) is 0.130. The highest BCUT2D eigenvalue weighted by molar-refractivity contribution is 6.35. The van der Waals surface area contributed by atoms with Crippen molar-refractivity contribution in [3.05, 3.63) is 28.2 Å². The van der Waals surface area contributed by atoms with Crippen LogP contribution in [0.1, 0.15) is 51.4 Å². The van der Waals surface area contributed by atoms with Gasteiger partial charge in [0.05, 0.1) is 11.1 Å². The third kappa shape index (κ3) is 5.01. The van der Waals surface area contributed by atoms with E-state index in [1.54, 1.807) is 23.1 Å². The number of nitriles is 1. The molecule has 5 rings (SSSR count). The van der Waals surface area contributed by atoms with Crippen LogP contribution in [0.4, 0.5) is 0 Å². The number of carbonyl (C=O) groups excluding carboxylic acids is 3. The number of benzene rings is 1. The molecule has 1 unspecified atom stereocenters. The lowest BCUT2D eigenvalue weighted by molar-refractivity contribution is -0.141. The maximum Gasteiger partial charge on any atom is 0.261 e. The summed E-state index contributed by atoms with van der Waals surface area (Å²) in [6.45, 7) is 0.255. The van der Waals surface area contributed by atoms with Crippen molar-refractivity contribution in [2.45, 2.75) is 63.5 Å². The van der Waals surface area contributed by atoms with Crippen LogP contribution in [0.15, 0.2) is 18.2 Å². The molecule has 1 aromatic rings. The van der Waals surface area contributed by atoms with Crippen LogP contribution in [0.2, 0.25) is 10.0 Å². The summed E-state index contributed by atoms with van der Waals surface area (Å²) >= 11 is 12.1. The summed E-state index contributed by atoms with van der Waals surface area (Å²) in [5, 5.41) is 13.4. The number of fused-ring (bicyclic) bond motifs is 1. The normalized spacial score (nSPS) is 29.1. The van der Waals surface area contributed by atoms with Crippen LogP contribution < -0.4 is 10.1 Å². The molecule has 0 bridgehead atoms. The number of Topliss-reactive ketones (excluding diaryl/α,β-unsaturated/α-hetero) is 1. The van der Waals surface area contributed by atoms with E-state index >= 15 is 0 Å². The molecule has 4 aliphatic rings. The Morgan fingerprint density at radius 3 is 2.77 bits per heavy atom. The van der Waals surface area contributed by atoms with Gasteiger partial charge in [0.2, 0.25) is 5.91 Å². The van der Waals surface area contributed by atoms with Gasteiger partial charge >= 0.3 is 0 Å². The van der Waals surface area contributed by atoms with Crippen molar-refractivity contribution in [3.8, 4) is 11.8 Å². The first kappa shape index (κ1) is 24.4. The van der Waals surface area contributed by atoms with Crippen LogP contribution in [-0.4, -0.2) is 47.7 Å². The van der Waals surface area contributed by atoms with Crippen LogP contribution in [0.5, 0.6) is 5.75 Å². The summed E-state index contributed by atoms with van der Waals surface area (Å²) in [6.07, 6.45) is 6.82. The van der Waals surface area contributed by atoms with Gasteiger partial charge in [0.15, 0.2) is 6.61 Å². The Hall–Kier alpha value is -2.30. The van der Waals surface area contributed by atoms with Crippen molar-refractivity contribution in [1.82, 2.24) is 10.2 Å². The van der Waals surface area contributed by atoms with Crippen molar-refractivity contribution in [2.75, 3.05) is 13.2 Å². The second-order valence-corrected chi connectivity index (χ2v) is 11.5. The number of nitrogens with zero attached hydrogens (tertiary/aromatic N) is 2. The highest BCUT2D eigenvalue weighted by Crippen LogP contribution is 2.58. The van der Waals surface area contributed by atoms with E-state index in [0.717, 1.165) is 38.5 Å². The minimum atomic E-state index is -0.744. The molecule has 186 valence electrons. The SMILES string of the molecule is N#C[C@H](C[C@@H]1CC2(CC2)CC1=O)NC(=O)C1[C@H]2CCC[C@H]2CN1C(=O)COc1ccc(Cl)cc1Cl. The summed E-state index contributed by atoms with van der Waals surface area (Å²) in [6, 6.07) is 5.58. The molecule has 4 fully saturated rings. The van der Waals surface area contributed by atoms with Gasteiger partial charge in [-0.15, -0.1) is 0 Å². The molecule has 1 saturated heterocycles. The third-order valence-corrected chi connectivity index (χ3v) is 8.89. The molecule has 9 heteroatoms. The Bertz CT molecular complexity index is 1080. The number of amides is 2. The highest BCUT2D eigenvalue weighted by Gasteiger charge is 2.53. The zero-order valence-corrected chi connectivity index (χ0v) is 21.0. The van der Waals surface area contributed by atoms with Gasteiger partial charge in [-0.3, -0.25) is 14.4 Å². The largest absolute Gasteiger partial charge is 0.482 e. The minimum absolute atomic E-state index is 0.0697. The van der Waals surface area contributed by atoms with Gasteiger partial charge in [0, 0.05) is 23.9 Å². The van der Waals surface area contributed by atoms with Crippen LogP contribution >= 0.6 is 23.2 Å². The molecule has 3 saturated carbocycles. The molecule has 1 N–H and O–H groups in total. The molecule has 7 nitrogen and oxygen atoms in total. The van der Waals surface area contributed by atoms with Gasteiger partial charge in [0.1, 0.15) is 23.6 Å². The van der Waals surface area contributed by atoms with Crippen LogP contribution in [0.25, 0.3) is 0 Å². The van der Waals surface area contributed by atoms with Crippen molar-refractivity contribution in [3.63, 3.8) is 0 Å². The number of hydrogen-bond acceptors (Lipinski definition) is 5. The van der Waals surface area contributed by atoms with E-state index < -0.39 is 12.1 Å². The number of rotatable bonds is 7. The van der Waals surface area contributed by atoms with Gasteiger partial charge < -0.3 is 15.0 Å². The van der Waals surface area contributed by atoms with Gasteiger partial charge in [-0.05, 0) is 74.0 Å². The van der Waals surface area contributed by atoms with E-state index in [4.69, 9.17) is 27.9 Å². The number of hydrogen-bond donors (Lipinski definition) is 1. The second-order valence-electron chi connectivity index (χ2n) is 10.7. The number of ether oxygens (including phenoxy) is 1. The Morgan fingerprint density at radius 1 is 1.29 bits per heavy atom. The van der Waals surface area contributed by atoms with Crippen LogP contribution in [-0.2, 0) is 14.4 Å². The predicted molar refractivity (Wildman–Crippen MR) is 130 cm³/mol. The molecular weight excluding hydrogens is 489 g/mol.